The van der Waals surface area contributed by atoms with Crippen molar-refractivity contribution >= 4 is 30.1 Å². The first kappa shape index (κ1) is 17.6. The summed E-state index contributed by atoms with van der Waals surface area (Å²) in [5.41, 5.74) is 2.70. The smallest absolute Gasteiger partial charge is 0.410 e. The fourth-order valence-corrected chi connectivity index (χ4v) is 2.85. The quantitative estimate of drug-likeness (QED) is 0.841. The largest absolute Gasteiger partial charge is 0.445 e. The summed E-state index contributed by atoms with van der Waals surface area (Å²) in [6, 6.07) is 11.6. The van der Waals surface area contributed by atoms with E-state index >= 15 is 0 Å². The number of benzene rings is 1. The minimum atomic E-state index is -0.290. The van der Waals surface area contributed by atoms with Crippen LogP contribution >= 0.6 is 24.0 Å². The number of ether oxygens (including phenoxy) is 1. The number of aromatic nitrogens is 2. The molecule has 1 fully saturated rings. The number of hydrogen-bond acceptors (Lipinski definition) is 3. The number of likely N-dealkylation sites (tertiary alicyclic amines) is 1. The molecule has 3 rings (SSSR count). The average Bonchev–Trinajstić information content (AvgIpc) is 3.21. The van der Waals surface area contributed by atoms with Crippen LogP contribution in [0.3, 0.4) is 0 Å². The summed E-state index contributed by atoms with van der Waals surface area (Å²) < 4.78 is 5.42. The highest BCUT2D eigenvalue weighted by Crippen LogP contribution is 2.31. The topological polar surface area (TPSA) is 58.2 Å². The SMILES string of the molecule is Cl.O=C(OCc1ccccc1)N1CCC[C@@H]1c1cc(CCl)[nH]n1. The Kier molecular flexibility index (Phi) is 6.30. The molecule has 0 spiro atoms. The Morgan fingerprint density at radius 3 is 2.87 bits per heavy atom. The van der Waals surface area contributed by atoms with Gasteiger partial charge in [-0.15, -0.1) is 24.0 Å². The number of aromatic amines is 1. The predicted molar refractivity (Wildman–Crippen MR) is 90.7 cm³/mol. The fraction of sp³-hybridized carbons (Fsp3) is 0.375. The van der Waals surface area contributed by atoms with Crippen molar-refractivity contribution in [1.82, 2.24) is 15.1 Å². The van der Waals surface area contributed by atoms with E-state index in [1.54, 1.807) is 4.90 Å². The monoisotopic (exact) mass is 355 g/mol. The number of rotatable bonds is 4. The summed E-state index contributed by atoms with van der Waals surface area (Å²) in [5, 5.41) is 7.15. The van der Waals surface area contributed by atoms with Gasteiger partial charge in [0.1, 0.15) is 6.61 Å². The Morgan fingerprint density at radius 1 is 1.39 bits per heavy atom. The Bertz CT molecular complexity index is 633. The standard InChI is InChI=1S/C16H18ClN3O2.ClH/c17-10-13-9-14(19-18-13)15-7-4-8-20(15)16(21)22-11-12-5-2-1-3-6-12;/h1-3,5-6,9,15H,4,7-8,10-11H2,(H,18,19);1H/t15-;/m1./s1. The average molecular weight is 356 g/mol. The Balaban J connectivity index is 0.00000192. The van der Waals surface area contributed by atoms with Crippen LogP contribution in [0.25, 0.3) is 0 Å². The number of hydrogen-bond donors (Lipinski definition) is 1. The zero-order chi connectivity index (χ0) is 15.4. The van der Waals surface area contributed by atoms with Gasteiger partial charge < -0.3 is 4.74 Å². The van der Waals surface area contributed by atoms with E-state index in [0.717, 1.165) is 29.8 Å². The molecule has 0 bridgehead atoms. The molecule has 1 amide bonds. The first-order valence-corrected chi connectivity index (χ1v) is 7.89. The van der Waals surface area contributed by atoms with Crippen molar-refractivity contribution in [2.45, 2.75) is 31.4 Å². The number of nitrogens with one attached hydrogen (secondary N) is 1. The Morgan fingerprint density at radius 2 is 2.17 bits per heavy atom. The van der Waals surface area contributed by atoms with Crippen LogP contribution in [0.1, 0.15) is 35.8 Å². The molecule has 23 heavy (non-hydrogen) atoms. The molecule has 5 nitrogen and oxygen atoms in total. The zero-order valence-electron chi connectivity index (χ0n) is 12.6. The van der Waals surface area contributed by atoms with Gasteiger partial charge in [0.05, 0.1) is 23.3 Å². The Labute approximate surface area is 146 Å². The van der Waals surface area contributed by atoms with Gasteiger partial charge in [0.25, 0.3) is 0 Å². The summed E-state index contributed by atoms with van der Waals surface area (Å²) in [6.07, 6.45) is 1.56. The van der Waals surface area contributed by atoms with E-state index in [4.69, 9.17) is 16.3 Å². The van der Waals surface area contributed by atoms with Gasteiger partial charge >= 0.3 is 6.09 Å². The summed E-state index contributed by atoms with van der Waals surface area (Å²) in [5.74, 6) is 0.387. The normalized spacial score (nSPS) is 16.9. The number of carbonyl (C=O) groups is 1. The van der Waals surface area contributed by atoms with Gasteiger partial charge in [-0.2, -0.15) is 5.10 Å². The lowest BCUT2D eigenvalue weighted by atomic mass is 10.1. The number of alkyl halides is 1. The molecule has 0 saturated carbocycles. The summed E-state index contributed by atoms with van der Waals surface area (Å²) in [6.45, 7) is 0.984. The number of amides is 1. The van der Waals surface area contributed by atoms with E-state index < -0.39 is 0 Å². The fourth-order valence-electron chi connectivity index (χ4n) is 2.71. The number of carbonyl (C=O) groups excluding carboxylic acids is 1. The number of halogens is 2. The van der Waals surface area contributed by atoms with Crippen LogP contribution < -0.4 is 0 Å². The maximum absolute atomic E-state index is 12.3. The molecule has 1 aliphatic rings. The molecule has 0 radical (unpaired) electrons. The second-order valence-corrected chi connectivity index (χ2v) is 5.61. The van der Waals surface area contributed by atoms with Crippen LogP contribution in [0.4, 0.5) is 4.79 Å². The van der Waals surface area contributed by atoms with Crippen molar-refractivity contribution in [2.24, 2.45) is 0 Å². The third-order valence-corrected chi connectivity index (χ3v) is 4.12. The molecule has 1 aromatic heterocycles. The lowest BCUT2D eigenvalue weighted by Gasteiger charge is -2.22. The summed E-state index contributed by atoms with van der Waals surface area (Å²) >= 11 is 5.79. The van der Waals surface area contributed by atoms with Crippen LogP contribution in [-0.4, -0.2) is 27.7 Å². The molecule has 1 N–H and O–H groups in total. The van der Waals surface area contributed by atoms with Crippen LogP contribution in [0.5, 0.6) is 0 Å². The van der Waals surface area contributed by atoms with Crippen molar-refractivity contribution in [3.05, 3.63) is 53.3 Å². The minimum absolute atomic E-state index is 0. The molecule has 1 saturated heterocycles. The summed E-state index contributed by atoms with van der Waals surface area (Å²) in [4.78, 5) is 14.1. The van der Waals surface area contributed by atoms with Gasteiger partial charge in [-0.3, -0.25) is 10.00 Å². The highest BCUT2D eigenvalue weighted by Gasteiger charge is 2.32. The molecule has 2 aromatic rings. The number of nitrogens with zero attached hydrogens (tertiary/aromatic N) is 2. The van der Waals surface area contributed by atoms with E-state index in [1.807, 2.05) is 36.4 Å². The maximum atomic E-state index is 12.3. The van der Waals surface area contributed by atoms with Crippen LogP contribution in [-0.2, 0) is 17.2 Å². The second-order valence-electron chi connectivity index (χ2n) is 5.34. The molecule has 2 heterocycles. The van der Waals surface area contributed by atoms with Crippen LogP contribution in [0.2, 0.25) is 0 Å². The van der Waals surface area contributed by atoms with Crippen molar-refractivity contribution in [3.63, 3.8) is 0 Å². The van der Waals surface area contributed by atoms with Gasteiger partial charge in [0, 0.05) is 6.54 Å². The maximum Gasteiger partial charge on any atom is 0.410 e. The van der Waals surface area contributed by atoms with Crippen LogP contribution in [0, 0.1) is 0 Å². The molecular weight excluding hydrogens is 337 g/mol. The molecule has 7 heteroatoms. The molecule has 1 atom stereocenters. The molecule has 0 aliphatic carbocycles. The van der Waals surface area contributed by atoms with Crippen molar-refractivity contribution in [1.29, 1.82) is 0 Å². The molecule has 1 aliphatic heterocycles. The van der Waals surface area contributed by atoms with Gasteiger partial charge in [-0.25, -0.2) is 4.79 Å². The molecule has 124 valence electrons. The van der Waals surface area contributed by atoms with Crippen molar-refractivity contribution in [2.75, 3.05) is 6.54 Å². The molecule has 0 unspecified atom stereocenters. The van der Waals surface area contributed by atoms with Gasteiger partial charge in [0.2, 0.25) is 0 Å². The van der Waals surface area contributed by atoms with Crippen LogP contribution in [0.15, 0.2) is 36.4 Å². The van der Waals surface area contributed by atoms with E-state index in [2.05, 4.69) is 10.2 Å². The second kappa shape index (κ2) is 8.22. The molecular formula is C16H19Cl2N3O2. The first-order chi connectivity index (χ1) is 10.8. The lowest BCUT2D eigenvalue weighted by Crippen LogP contribution is -2.31. The van der Waals surface area contributed by atoms with E-state index in [0.29, 0.717) is 12.4 Å². The first-order valence-electron chi connectivity index (χ1n) is 7.35. The van der Waals surface area contributed by atoms with E-state index in [-0.39, 0.29) is 31.1 Å². The molecule has 1 aromatic carbocycles. The third-order valence-electron chi connectivity index (χ3n) is 3.83. The van der Waals surface area contributed by atoms with E-state index in [9.17, 15) is 4.79 Å². The highest BCUT2D eigenvalue weighted by atomic mass is 35.5. The Hall–Kier alpha value is -1.72. The van der Waals surface area contributed by atoms with Gasteiger partial charge in [-0.1, -0.05) is 30.3 Å². The van der Waals surface area contributed by atoms with Gasteiger partial charge in [-0.05, 0) is 24.5 Å². The lowest BCUT2D eigenvalue weighted by molar-refractivity contribution is 0.0915. The van der Waals surface area contributed by atoms with Crippen molar-refractivity contribution in [3.8, 4) is 0 Å². The highest BCUT2D eigenvalue weighted by molar-refractivity contribution is 6.16. The predicted octanol–water partition coefficient (Wildman–Crippen LogP) is 4.04. The zero-order valence-corrected chi connectivity index (χ0v) is 14.1. The third kappa shape index (κ3) is 4.18. The van der Waals surface area contributed by atoms with E-state index in [1.165, 1.54) is 0 Å². The number of H-pyrrole nitrogens is 1. The summed E-state index contributed by atoms with van der Waals surface area (Å²) in [7, 11) is 0. The van der Waals surface area contributed by atoms with Gasteiger partial charge in [0.15, 0.2) is 0 Å². The van der Waals surface area contributed by atoms with Crippen molar-refractivity contribution < 1.29 is 9.53 Å². The minimum Gasteiger partial charge on any atom is -0.445 e.